The van der Waals surface area contributed by atoms with E-state index >= 15 is 0 Å². The zero-order valence-corrected chi connectivity index (χ0v) is 11.3. The zero-order chi connectivity index (χ0) is 14.1. The standard InChI is InChI=1S/C16H14N2O2/c1-11-3-6-15(17-10-11)18-8-7-12-9-13(16(19)20-2)4-5-14(12)18/h3-10H,1-2H3. The third-order valence-corrected chi connectivity index (χ3v) is 3.25. The van der Waals surface area contributed by atoms with Crippen molar-refractivity contribution in [1.29, 1.82) is 0 Å². The highest BCUT2D eigenvalue weighted by Crippen LogP contribution is 2.21. The van der Waals surface area contributed by atoms with Gasteiger partial charge in [-0.3, -0.25) is 0 Å². The van der Waals surface area contributed by atoms with E-state index in [1.807, 2.05) is 54.2 Å². The summed E-state index contributed by atoms with van der Waals surface area (Å²) in [4.78, 5) is 15.9. The Bertz CT molecular complexity index is 773. The smallest absolute Gasteiger partial charge is 0.337 e. The van der Waals surface area contributed by atoms with Gasteiger partial charge in [0, 0.05) is 17.8 Å². The number of hydrogen-bond acceptors (Lipinski definition) is 3. The third kappa shape index (κ3) is 2.05. The maximum Gasteiger partial charge on any atom is 0.337 e. The van der Waals surface area contributed by atoms with E-state index in [1.54, 1.807) is 6.07 Å². The molecule has 1 aromatic carbocycles. The minimum Gasteiger partial charge on any atom is -0.465 e. The minimum atomic E-state index is -0.326. The van der Waals surface area contributed by atoms with E-state index in [2.05, 4.69) is 4.98 Å². The molecule has 2 heterocycles. The number of nitrogens with zero attached hydrogens (tertiary/aromatic N) is 2. The molecule has 20 heavy (non-hydrogen) atoms. The second-order valence-corrected chi connectivity index (χ2v) is 4.64. The Morgan fingerprint density at radius 2 is 2.05 bits per heavy atom. The first kappa shape index (κ1) is 12.4. The fraction of sp³-hybridized carbons (Fsp3) is 0.125. The highest BCUT2D eigenvalue weighted by Gasteiger charge is 2.09. The Morgan fingerprint density at radius 1 is 1.20 bits per heavy atom. The van der Waals surface area contributed by atoms with E-state index in [0.717, 1.165) is 22.3 Å². The van der Waals surface area contributed by atoms with E-state index < -0.39 is 0 Å². The van der Waals surface area contributed by atoms with Crippen molar-refractivity contribution in [3.63, 3.8) is 0 Å². The van der Waals surface area contributed by atoms with Crippen molar-refractivity contribution in [2.24, 2.45) is 0 Å². The summed E-state index contributed by atoms with van der Waals surface area (Å²) in [5.74, 6) is 0.532. The number of hydrogen-bond donors (Lipinski definition) is 0. The molecule has 0 saturated heterocycles. The van der Waals surface area contributed by atoms with Crippen LogP contribution >= 0.6 is 0 Å². The molecule has 0 amide bonds. The van der Waals surface area contributed by atoms with Crippen molar-refractivity contribution < 1.29 is 9.53 Å². The molecular formula is C16H14N2O2. The molecule has 4 heteroatoms. The Balaban J connectivity index is 2.10. The number of pyridine rings is 1. The van der Waals surface area contributed by atoms with Gasteiger partial charge in [0.25, 0.3) is 0 Å². The molecule has 0 aliphatic rings. The monoisotopic (exact) mass is 266 g/mol. The van der Waals surface area contributed by atoms with Crippen LogP contribution in [0.15, 0.2) is 48.8 Å². The van der Waals surface area contributed by atoms with Crippen LogP contribution < -0.4 is 0 Å². The number of rotatable bonds is 2. The van der Waals surface area contributed by atoms with E-state index in [4.69, 9.17) is 4.74 Å². The molecule has 0 N–H and O–H groups in total. The molecule has 0 bridgehead atoms. The van der Waals surface area contributed by atoms with Gasteiger partial charge in [-0.15, -0.1) is 0 Å². The number of fused-ring (bicyclic) bond motifs is 1. The summed E-state index contributed by atoms with van der Waals surface area (Å²) in [7, 11) is 1.38. The molecule has 0 unspecified atom stereocenters. The van der Waals surface area contributed by atoms with Gasteiger partial charge in [0.1, 0.15) is 5.82 Å². The average molecular weight is 266 g/mol. The summed E-state index contributed by atoms with van der Waals surface area (Å²) in [6.45, 7) is 2.01. The maximum absolute atomic E-state index is 11.5. The van der Waals surface area contributed by atoms with Crippen LogP contribution in [-0.2, 0) is 4.74 Å². The van der Waals surface area contributed by atoms with Crippen molar-refractivity contribution in [1.82, 2.24) is 9.55 Å². The number of benzene rings is 1. The normalized spacial score (nSPS) is 10.7. The molecular weight excluding hydrogens is 252 g/mol. The number of methoxy groups -OCH3 is 1. The van der Waals surface area contributed by atoms with Crippen LogP contribution in [0.3, 0.4) is 0 Å². The lowest BCUT2D eigenvalue weighted by Crippen LogP contribution is -2.01. The van der Waals surface area contributed by atoms with Gasteiger partial charge in [-0.2, -0.15) is 0 Å². The molecule has 3 aromatic rings. The minimum absolute atomic E-state index is 0.326. The lowest BCUT2D eigenvalue weighted by Gasteiger charge is -2.05. The first-order valence-electron chi connectivity index (χ1n) is 6.31. The summed E-state index contributed by atoms with van der Waals surface area (Å²) in [6, 6.07) is 11.5. The van der Waals surface area contributed by atoms with Crippen molar-refractivity contribution in [2.75, 3.05) is 7.11 Å². The lowest BCUT2D eigenvalue weighted by molar-refractivity contribution is 0.0601. The van der Waals surface area contributed by atoms with Crippen LogP contribution in [0.25, 0.3) is 16.7 Å². The number of carbonyl (C=O) groups excluding carboxylic acids is 1. The van der Waals surface area contributed by atoms with Gasteiger partial charge in [0.15, 0.2) is 0 Å². The van der Waals surface area contributed by atoms with Crippen molar-refractivity contribution in [2.45, 2.75) is 6.92 Å². The van der Waals surface area contributed by atoms with Gasteiger partial charge >= 0.3 is 5.97 Å². The predicted octanol–water partition coefficient (Wildman–Crippen LogP) is 3.12. The summed E-state index contributed by atoms with van der Waals surface area (Å²) in [5.41, 5.74) is 2.68. The Morgan fingerprint density at radius 3 is 2.75 bits per heavy atom. The topological polar surface area (TPSA) is 44.1 Å². The highest BCUT2D eigenvalue weighted by molar-refractivity contribution is 5.95. The van der Waals surface area contributed by atoms with Crippen LogP contribution in [0.5, 0.6) is 0 Å². The second kappa shape index (κ2) is 4.81. The van der Waals surface area contributed by atoms with E-state index in [9.17, 15) is 4.79 Å². The largest absolute Gasteiger partial charge is 0.465 e. The van der Waals surface area contributed by atoms with Crippen LogP contribution in [0.4, 0.5) is 0 Å². The Kier molecular flexibility index (Phi) is 2.99. The number of aromatic nitrogens is 2. The fourth-order valence-electron chi connectivity index (χ4n) is 2.19. The number of aryl methyl sites for hydroxylation is 1. The summed E-state index contributed by atoms with van der Waals surface area (Å²) in [5, 5.41) is 0.982. The summed E-state index contributed by atoms with van der Waals surface area (Å²) in [6.07, 6.45) is 3.79. The van der Waals surface area contributed by atoms with Crippen molar-refractivity contribution >= 4 is 16.9 Å². The van der Waals surface area contributed by atoms with Gasteiger partial charge in [-0.1, -0.05) is 6.07 Å². The molecule has 0 atom stereocenters. The van der Waals surface area contributed by atoms with E-state index in [1.165, 1.54) is 7.11 Å². The molecule has 0 radical (unpaired) electrons. The highest BCUT2D eigenvalue weighted by atomic mass is 16.5. The molecule has 4 nitrogen and oxygen atoms in total. The number of carbonyl (C=O) groups is 1. The maximum atomic E-state index is 11.5. The van der Waals surface area contributed by atoms with Crippen LogP contribution in [0.2, 0.25) is 0 Å². The SMILES string of the molecule is COC(=O)c1ccc2c(ccn2-c2ccc(C)cn2)c1. The van der Waals surface area contributed by atoms with E-state index in [-0.39, 0.29) is 5.97 Å². The summed E-state index contributed by atoms with van der Waals surface area (Å²) >= 11 is 0. The number of ether oxygens (including phenoxy) is 1. The average Bonchev–Trinajstić information content (AvgIpc) is 2.90. The predicted molar refractivity (Wildman–Crippen MR) is 77.1 cm³/mol. The quantitative estimate of drug-likeness (QED) is 0.669. The van der Waals surface area contributed by atoms with Gasteiger partial charge in [-0.25, -0.2) is 9.78 Å². The second-order valence-electron chi connectivity index (χ2n) is 4.64. The molecule has 0 fully saturated rings. The Labute approximate surface area is 116 Å². The first-order valence-corrected chi connectivity index (χ1v) is 6.31. The molecule has 3 rings (SSSR count). The van der Waals surface area contributed by atoms with Crippen LogP contribution in [-0.4, -0.2) is 22.6 Å². The lowest BCUT2D eigenvalue weighted by atomic mass is 10.1. The fourth-order valence-corrected chi connectivity index (χ4v) is 2.19. The molecule has 0 aliphatic heterocycles. The van der Waals surface area contributed by atoms with Gasteiger partial charge in [0.05, 0.1) is 18.2 Å². The van der Waals surface area contributed by atoms with Gasteiger partial charge in [-0.05, 0) is 42.8 Å². The molecule has 0 spiro atoms. The molecule has 2 aromatic heterocycles. The van der Waals surface area contributed by atoms with E-state index in [0.29, 0.717) is 5.56 Å². The zero-order valence-electron chi connectivity index (χ0n) is 11.3. The summed E-state index contributed by atoms with van der Waals surface area (Å²) < 4.78 is 6.73. The molecule has 0 saturated carbocycles. The molecule has 0 aliphatic carbocycles. The Hall–Kier alpha value is -2.62. The first-order chi connectivity index (χ1) is 9.69. The van der Waals surface area contributed by atoms with Crippen molar-refractivity contribution in [3.8, 4) is 5.82 Å². The third-order valence-electron chi connectivity index (χ3n) is 3.25. The van der Waals surface area contributed by atoms with Crippen LogP contribution in [0.1, 0.15) is 15.9 Å². The van der Waals surface area contributed by atoms with Gasteiger partial charge < -0.3 is 9.30 Å². The van der Waals surface area contributed by atoms with Gasteiger partial charge in [0.2, 0.25) is 0 Å². The van der Waals surface area contributed by atoms with Crippen molar-refractivity contribution in [3.05, 3.63) is 59.9 Å². The van der Waals surface area contributed by atoms with Crippen LogP contribution in [0, 0.1) is 6.92 Å². The number of esters is 1. The molecule has 100 valence electrons.